The standard InChI is InChI=1S/C16H16Cl2FNO/c1-20-15(9-11-12(17)4-3-5-14(11)19)10-6-7-13(18)16(8-10)21-2/h3-8,15,20H,9H2,1-2H3. The van der Waals surface area contributed by atoms with Crippen molar-refractivity contribution < 1.29 is 9.13 Å². The van der Waals surface area contributed by atoms with E-state index in [1.165, 1.54) is 6.07 Å². The molecule has 0 aliphatic rings. The molecule has 5 heteroatoms. The summed E-state index contributed by atoms with van der Waals surface area (Å²) in [4.78, 5) is 0. The maximum atomic E-state index is 13.9. The Morgan fingerprint density at radius 1 is 1.19 bits per heavy atom. The molecule has 0 bridgehead atoms. The van der Waals surface area contributed by atoms with Crippen LogP contribution >= 0.6 is 23.2 Å². The second-order valence-corrected chi connectivity index (χ2v) is 5.45. The maximum Gasteiger partial charge on any atom is 0.137 e. The first-order valence-electron chi connectivity index (χ1n) is 6.50. The van der Waals surface area contributed by atoms with Gasteiger partial charge in [-0.25, -0.2) is 4.39 Å². The minimum atomic E-state index is -0.302. The molecule has 2 rings (SSSR count). The van der Waals surface area contributed by atoms with E-state index in [-0.39, 0.29) is 11.9 Å². The molecule has 112 valence electrons. The molecule has 0 saturated carbocycles. The van der Waals surface area contributed by atoms with Gasteiger partial charge in [0.1, 0.15) is 11.6 Å². The van der Waals surface area contributed by atoms with Gasteiger partial charge >= 0.3 is 0 Å². The van der Waals surface area contributed by atoms with Crippen molar-refractivity contribution in [1.29, 1.82) is 0 Å². The number of nitrogens with one attached hydrogen (secondary N) is 1. The van der Waals surface area contributed by atoms with Gasteiger partial charge in [-0.1, -0.05) is 35.3 Å². The van der Waals surface area contributed by atoms with Gasteiger partial charge in [-0.2, -0.15) is 0 Å². The van der Waals surface area contributed by atoms with Crippen LogP contribution in [-0.4, -0.2) is 14.2 Å². The highest BCUT2D eigenvalue weighted by molar-refractivity contribution is 6.32. The van der Waals surface area contributed by atoms with Crippen molar-refractivity contribution in [2.75, 3.05) is 14.2 Å². The quantitative estimate of drug-likeness (QED) is 0.863. The van der Waals surface area contributed by atoms with Crippen LogP contribution in [0.25, 0.3) is 0 Å². The van der Waals surface area contributed by atoms with Crippen molar-refractivity contribution >= 4 is 23.2 Å². The number of methoxy groups -OCH3 is 1. The highest BCUT2D eigenvalue weighted by atomic mass is 35.5. The van der Waals surface area contributed by atoms with Crippen LogP contribution < -0.4 is 10.1 Å². The lowest BCUT2D eigenvalue weighted by Gasteiger charge is -2.19. The lowest BCUT2D eigenvalue weighted by Crippen LogP contribution is -2.19. The summed E-state index contributed by atoms with van der Waals surface area (Å²) in [5, 5.41) is 4.14. The summed E-state index contributed by atoms with van der Waals surface area (Å²) in [6.45, 7) is 0. The van der Waals surface area contributed by atoms with Crippen molar-refractivity contribution in [3.05, 3.63) is 63.4 Å². The number of hydrogen-bond donors (Lipinski definition) is 1. The molecule has 1 atom stereocenters. The molecule has 21 heavy (non-hydrogen) atoms. The predicted molar refractivity (Wildman–Crippen MR) is 84.9 cm³/mol. The van der Waals surface area contributed by atoms with Gasteiger partial charge in [0.2, 0.25) is 0 Å². The molecule has 0 fully saturated rings. The van der Waals surface area contributed by atoms with E-state index in [1.807, 2.05) is 19.2 Å². The zero-order valence-corrected chi connectivity index (χ0v) is 13.3. The summed E-state index contributed by atoms with van der Waals surface area (Å²) in [5.41, 5.74) is 1.45. The van der Waals surface area contributed by atoms with Crippen LogP contribution in [0.4, 0.5) is 4.39 Å². The van der Waals surface area contributed by atoms with E-state index in [9.17, 15) is 4.39 Å². The molecule has 0 heterocycles. The molecule has 0 aromatic heterocycles. The van der Waals surface area contributed by atoms with Crippen LogP contribution in [0, 0.1) is 5.82 Å². The molecule has 0 spiro atoms. The normalized spacial score (nSPS) is 12.2. The SMILES string of the molecule is CNC(Cc1c(F)cccc1Cl)c1ccc(Cl)c(OC)c1. The van der Waals surface area contributed by atoms with E-state index in [1.54, 1.807) is 25.3 Å². The first-order valence-corrected chi connectivity index (χ1v) is 7.26. The Balaban J connectivity index is 2.32. The first kappa shape index (κ1) is 16.1. The second-order valence-electron chi connectivity index (χ2n) is 4.64. The van der Waals surface area contributed by atoms with Gasteiger partial charge in [-0.3, -0.25) is 0 Å². The largest absolute Gasteiger partial charge is 0.495 e. The second kappa shape index (κ2) is 7.12. The van der Waals surface area contributed by atoms with Gasteiger partial charge in [0, 0.05) is 16.6 Å². The van der Waals surface area contributed by atoms with E-state index in [0.717, 1.165) is 5.56 Å². The summed E-state index contributed by atoms with van der Waals surface area (Å²) in [6, 6.07) is 10.1. The summed E-state index contributed by atoms with van der Waals surface area (Å²) in [7, 11) is 3.38. The van der Waals surface area contributed by atoms with Crippen LogP contribution in [-0.2, 0) is 6.42 Å². The van der Waals surface area contributed by atoms with E-state index in [2.05, 4.69) is 5.32 Å². The summed E-state index contributed by atoms with van der Waals surface area (Å²) in [6.07, 6.45) is 0.437. The third kappa shape index (κ3) is 3.67. The Labute approximate surface area is 133 Å². The van der Waals surface area contributed by atoms with Gasteiger partial charge in [-0.15, -0.1) is 0 Å². The lowest BCUT2D eigenvalue weighted by molar-refractivity contribution is 0.413. The molecule has 0 amide bonds. The molecule has 1 unspecified atom stereocenters. The van der Waals surface area contributed by atoms with Crippen molar-refractivity contribution in [2.45, 2.75) is 12.5 Å². The summed E-state index contributed by atoms with van der Waals surface area (Å²) >= 11 is 12.1. The van der Waals surface area contributed by atoms with Crippen molar-refractivity contribution in [2.24, 2.45) is 0 Å². The number of hydrogen-bond acceptors (Lipinski definition) is 2. The highest BCUT2D eigenvalue weighted by Gasteiger charge is 2.16. The van der Waals surface area contributed by atoms with Gasteiger partial charge < -0.3 is 10.1 Å². The predicted octanol–water partition coefficient (Wildman–Crippen LogP) is 4.64. The van der Waals surface area contributed by atoms with Crippen LogP contribution in [0.3, 0.4) is 0 Å². The molecule has 2 aromatic carbocycles. The molecule has 0 aliphatic heterocycles. The Kier molecular flexibility index (Phi) is 5.45. The van der Waals surface area contributed by atoms with Crippen LogP contribution in [0.1, 0.15) is 17.2 Å². The van der Waals surface area contributed by atoms with Gasteiger partial charge in [0.25, 0.3) is 0 Å². The minimum absolute atomic E-state index is 0.0921. The van der Waals surface area contributed by atoms with E-state index < -0.39 is 0 Å². The summed E-state index contributed by atoms with van der Waals surface area (Å²) < 4.78 is 19.1. The first-order chi connectivity index (χ1) is 10.1. The highest BCUT2D eigenvalue weighted by Crippen LogP contribution is 2.30. The zero-order chi connectivity index (χ0) is 15.4. The number of halogens is 3. The van der Waals surface area contributed by atoms with E-state index in [0.29, 0.717) is 27.8 Å². The van der Waals surface area contributed by atoms with E-state index >= 15 is 0 Å². The molecule has 0 aliphatic carbocycles. The molecule has 2 nitrogen and oxygen atoms in total. The smallest absolute Gasteiger partial charge is 0.137 e. The Morgan fingerprint density at radius 3 is 2.57 bits per heavy atom. The fourth-order valence-electron chi connectivity index (χ4n) is 2.21. The van der Waals surface area contributed by atoms with Gasteiger partial charge in [0.15, 0.2) is 0 Å². The molecule has 0 saturated heterocycles. The number of likely N-dealkylation sites (N-methyl/N-ethyl adjacent to an activating group) is 1. The van der Waals surface area contributed by atoms with Crippen LogP contribution in [0.2, 0.25) is 10.0 Å². The monoisotopic (exact) mass is 327 g/mol. The third-order valence-corrected chi connectivity index (χ3v) is 4.06. The van der Waals surface area contributed by atoms with Gasteiger partial charge in [0.05, 0.1) is 12.1 Å². The molecule has 1 N–H and O–H groups in total. The average Bonchev–Trinajstić information content (AvgIpc) is 2.48. The number of ether oxygens (including phenoxy) is 1. The minimum Gasteiger partial charge on any atom is -0.495 e. The lowest BCUT2D eigenvalue weighted by atomic mass is 9.98. The van der Waals surface area contributed by atoms with Crippen molar-refractivity contribution in [1.82, 2.24) is 5.32 Å². The maximum absolute atomic E-state index is 13.9. The number of benzene rings is 2. The molecular formula is C16H16Cl2FNO. The summed E-state index contributed by atoms with van der Waals surface area (Å²) in [5.74, 6) is 0.290. The van der Waals surface area contributed by atoms with Crippen molar-refractivity contribution in [3.63, 3.8) is 0 Å². The van der Waals surface area contributed by atoms with Crippen LogP contribution in [0.15, 0.2) is 36.4 Å². The molecule has 0 radical (unpaired) electrons. The van der Waals surface area contributed by atoms with Crippen molar-refractivity contribution in [3.8, 4) is 5.75 Å². The Morgan fingerprint density at radius 2 is 1.95 bits per heavy atom. The average molecular weight is 328 g/mol. The van der Waals surface area contributed by atoms with Gasteiger partial charge in [-0.05, 0) is 43.3 Å². The fraction of sp³-hybridized carbons (Fsp3) is 0.250. The Hall–Kier alpha value is -1.29. The van der Waals surface area contributed by atoms with Crippen LogP contribution in [0.5, 0.6) is 5.75 Å². The number of rotatable bonds is 5. The fourth-order valence-corrected chi connectivity index (χ4v) is 2.65. The third-order valence-electron chi connectivity index (χ3n) is 3.40. The topological polar surface area (TPSA) is 21.3 Å². The Bertz CT molecular complexity index is 613. The zero-order valence-electron chi connectivity index (χ0n) is 11.8. The molecule has 2 aromatic rings. The van der Waals surface area contributed by atoms with E-state index in [4.69, 9.17) is 27.9 Å². The molecular weight excluding hydrogens is 312 g/mol.